The minimum atomic E-state index is -0.662. The molecule has 8 aromatic rings. The van der Waals surface area contributed by atoms with Gasteiger partial charge in [-0.15, -0.1) is 0 Å². The van der Waals surface area contributed by atoms with Gasteiger partial charge in [0.25, 0.3) is 0 Å². The minimum absolute atomic E-state index is 0.0464. The molecule has 0 saturated heterocycles. The first-order chi connectivity index (χ1) is 26.2. The highest BCUT2D eigenvalue weighted by molar-refractivity contribution is 6.01. The molecule has 0 aliphatic heterocycles. The Bertz CT molecular complexity index is 2390. The average Bonchev–Trinajstić information content (AvgIpc) is 3.51. The molecule has 0 radical (unpaired) electrons. The third-order valence-electron chi connectivity index (χ3n) is 10.6. The Labute approximate surface area is 309 Å². The Morgan fingerprint density at radius 1 is 0.396 bits per heavy atom. The molecule has 0 aromatic heterocycles. The van der Waals surface area contributed by atoms with Gasteiger partial charge in [0.05, 0.1) is 18.6 Å². The molecule has 9 rings (SSSR count). The van der Waals surface area contributed by atoms with E-state index in [9.17, 15) is 10.2 Å². The summed E-state index contributed by atoms with van der Waals surface area (Å²) in [6.45, 7) is 0.378. The lowest BCUT2D eigenvalue weighted by Gasteiger charge is -2.34. The largest absolute Gasteiger partial charge is 0.491 e. The summed E-state index contributed by atoms with van der Waals surface area (Å²) in [5.41, 5.74) is 11.0. The van der Waals surface area contributed by atoms with E-state index in [-0.39, 0.29) is 26.4 Å². The first-order valence-corrected chi connectivity index (χ1v) is 18.1. The summed E-state index contributed by atoms with van der Waals surface area (Å²) in [4.78, 5) is 0. The van der Waals surface area contributed by atoms with Crippen LogP contribution in [0, 0.1) is 0 Å². The molecular weight excluding hydrogens is 653 g/mol. The quantitative estimate of drug-likeness (QED) is 0.150. The summed E-state index contributed by atoms with van der Waals surface area (Å²) >= 11 is 0. The Morgan fingerprint density at radius 3 is 1.25 bits per heavy atom. The summed E-state index contributed by atoms with van der Waals surface area (Å²) in [5, 5.41) is 23.7. The number of rotatable bonds is 10. The first kappa shape index (κ1) is 32.7. The molecular formula is C49H38O4. The maximum absolute atomic E-state index is 9.42. The lowest BCUT2D eigenvalue weighted by molar-refractivity contribution is 0.201. The fraction of sp³-hybridized carbons (Fsp3) is 0.102. The Morgan fingerprint density at radius 2 is 0.811 bits per heavy atom. The number of fused-ring (bicyclic) bond motifs is 5. The second-order valence-corrected chi connectivity index (χ2v) is 13.5. The predicted molar refractivity (Wildman–Crippen MR) is 215 cm³/mol. The Kier molecular flexibility index (Phi) is 8.47. The maximum atomic E-state index is 9.42. The van der Waals surface area contributed by atoms with Crippen molar-refractivity contribution in [1.82, 2.24) is 0 Å². The summed E-state index contributed by atoms with van der Waals surface area (Å²) in [5.74, 6) is 1.42. The molecule has 0 heterocycles. The van der Waals surface area contributed by atoms with Crippen LogP contribution in [-0.4, -0.2) is 36.6 Å². The predicted octanol–water partition coefficient (Wildman–Crippen LogP) is 10.4. The van der Waals surface area contributed by atoms with E-state index in [1.54, 1.807) is 0 Å². The van der Waals surface area contributed by atoms with Gasteiger partial charge in [-0.2, -0.15) is 0 Å². The van der Waals surface area contributed by atoms with Crippen LogP contribution < -0.4 is 9.47 Å². The standard InChI is InChI=1S/C49H38O4/c50-27-29-52-39-21-17-37(18-22-39)49(38-19-23-40(24-20-38)53-30-28-51)47-25-15-35(43-13-5-9-33-7-1-3-11-41(33)43)31-45(47)46-32-36(16-26-48(46)49)44-14-6-10-34-8-2-4-12-42(34)44/h1-26,31-32,50-51H,27-30H2. The summed E-state index contributed by atoms with van der Waals surface area (Å²) in [7, 11) is 0. The van der Waals surface area contributed by atoms with Gasteiger partial charge < -0.3 is 19.7 Å². The molecule has 2 N–H and O–H groups in total. The van der Waals surface area contributed by atoms with Crippen molar-refractivity contribution in [3.05, 3.63) is 192 Å². The van der Waals surface area contributed by atoms with Crippen molar-refractivity contribution in [3.63, 3.8) is 0 Å². The molecule has 1 aliphatic carbocycles. The van der Waals surface area contributed by atoms with E-state index >= 15 is 0 Å². The number of aliphatic hydroxyl groups is 2. The molecule has 4 nitrogen and oxygen atoms in total. The van der Waals surface area contributed by atoms with E-state index in [2.05, 4.69) is 146 Å². The summed E-state index contributed by atoms with van der Waals surface area (Å²) in [6, 6.07) is 60.7. The molecule has 0 amide bonds. The van der Waals surface area contributed by atoms with Gasteiger partial charge >= 0.3 is 0 Å². The monoisotopic (exact) mass is 690 g/mol. The average molecular weight is 691 g/mol. The third kappa shape index (κ3) is 5.55. The fourth-order valence-corrected chi connectivity index (χ4v) is 8.34. The zero-order valence-electron chi connectivity index (χ0n) is 29.2. The third-order valence-corrected chi connectivity index (χ3v) is 10.6. The molecule has 4 heteroatoms. The van der Waals surface area contributed by atoms with Crippen LogP contribution in [0.15, 0.2) is 170 Å². The fourth-order valence-electron chi connectivity index (χ4n) is 8.34. The minimum Gasteiger partial charge on any atom is -0.491 e. The van der Waals surface area contributed by atoms with Gasteiger partial charge in [-0.25, -0.2) is 0 Å². The van der Waals surface area contributed by atoms with E-state index in [1.807, 2.05) is 24.3 Å². The van der Waals surface area contributed by atoms with Crippen LogP contribution in [0.1, 0.15) is 22.3 Å². The van der Waals surface area contributed by atoms with Gasteiger partial charge in [-0.1, -0.05) is 133 Å². The van der Waals surface area contributed by atoms with Crippen LogP contribution in [0.5, 0.6) is 11.5 Å². The van der Waals surface area contributed by atoms with Crippen LogP contribution in [0.4, 0.5) is 0 Å². The van der Waals surface area contributed by atoms with Gasteiger partial charge in [0.2, 0.25) is 0 Å². The van der Waals surface area contributed by atoms with Gasteiger partial charge in [0, 0.05) is 0 Å². The lowest BCUT2D eigenvalue weighted by atomic mass is 9.67. The zero-order valence-corrected chi connectivity index (χ0v) is 29.2. The van der Waals surface area contributed by atoms with E-state index in [1.165, 1.54) is 66.1 Å². The second kappa shape index (κ2) is 13.7. The topological polar surface area (TPSA) is 58.9 Å². The molecule has 0 saturated carbocycles. The van der Waals surface area contributed by atoms with Crippen LogP contribution in [0.25, 0.3) is 54.9 Å². The van der Waals surface area contributed by atoms with Gasteiger partial charge in [0.15, 0.2) is 0 Å². The van der Waals surface area contributed by atoms with Gasteiger partial charge in [-0.3, -0.25) is 0 Å². The van der Waals surface area contributed by atoms with E-state index in [0.29, 0.717) is 11.5 Å². The van der Waals surface area contributed by atoms with Crippen molar-refractivity contribution in [2.75, 3.05) is 26.4 Å². The van der Waals surface area contributed by atoms with Crippen LogP contribution in [0.3, 0.4) is 0 Å². The Balaban J connectivity index is 1.32. The van der Waals surface area contributed by atoms with E-state index in [0.717, 1.165) is 11.1 Å². The van der Waals surface area contributed by atoms with Crippen molar-refractivity contribution in [1.29, 1.82) is 0 Å². The van der Waals surface area contributed by atoms with Gasteiger partial charge in [-0.05, 0) is 114 Å². The SMILES string of the molecule is OCCOc1ccc(C2(c3ccc(OCCO)cc3)c3ccc(-c4cccc5ccccc45)cc3-c3cc(-c4cccc5ccccc45)ccc32)cc1. The summed E-state index contributed by atoms with van der Waals surface area (Å²) < 4.78 is 11.6. The molecule has 8 aromatic carbocycles. The number of benzene rings is 8. The number of hydrogen-bond donors (Lipinski definition) is 2. The molecule has 1 aliphatic rings. The number of aliphatic hydroxyl groups excluding tert-OH is 2. The maximum Gasteiger partial charge on any atom is 0.119 e. The van der Waals surface area contributed by atoms with Crippen molar-refractivity contribution in [3.8, 4) is 44.9 Å². The van der Waals surface area contributed by atoms with E-state index in [4.69, 9.17) is 9.47 Å². The highest BCUT2D eigenvalue weighted by Crippen LogP contribution is 2.58. The number of hydrogen-bond acceptors (Lipinski definition) is 4. The van der Waals surface area contributed by atoms with E-state index < -0.39 is 5.41 Å². The van der Waals surface area contributed by atoms with Crippen molar-refractivity contribution < 1.29 is 19.7 Å². The highest BCUT2D eigenvalue weighted by Gasteiger charge is 2.46. The molecule has 53 heavy (non-hydrogen) atoms. The summed E-state index contributed by atoms with van der Waals surface area (Å²) in [6.07, 6.45) is 0. The first-order valence-electron chi connectivity index (χ1n) is 18.1. The number of ether oxygens (including phenoxy) is 2. The van der Waals surface area contributed by atoms with Gasteiger partial charge in [0.1, 0.15) is 24.7 Å². The smallest absolute Gasteiger partial charge is 0.119 e. The molecule has 0 bridgehead atoms. The lowest BCUT2D eigenvalue weighted by Crippen LogP contribution is -2.28. The molecule has 0 atom stereocenters. The normalized spacial score (nSPS) is 12.8. The Hall–Kier alpha value is -6.20. The molecule has 0 unspecified atom stereocenters. The second-order valence-electron chi connectivity index (χ2n) is 13.5. The zero-order chi connectivity index (χ0) is 35.8. The van der Waals surface area contributed by atoms with Crippen LogP contribution >= 0.6 is 0 Å². The molecule has 0 spiro atoms. The molecule has 0 fully saturated rings. The van der Waals surface area contributed by atoms with Crippen LogP contribution in [0.2, 0.25) is 0 Å². The van der Waals surface area contributed by atoms with Crippen molar-refractivity contribution in [2.24, 2.45) is 0 Å². The van der Waals surface area contributed by atoms with Crippen LogP contribution in [-0.2, 0) is 5.41 Å². The van der Waals surface area contributed by atoms with Crippen molar-refractivity contribution in [2.45, 2.75) is 5.41 Å². The van der Waals surface area contributed by atoms with Crippen molar-refractivity contribution >= 4 is 21.5 Å². The highest BCUT2D eigenvalue weighted by atomic mass is 16.5. The molecule has 258 valence electrons.